The van der Waals surface area contributed by atoms with E-state index in [1.807, 2.05) is 36.1 Å². The Bertz CT molecular complexity index is 1390. The first-order valence-electron chi connectivity index (χ1n) is 13.3. The van der Waals surface area contributed by atoms with Gasteiger partial charge in [0.15, 0.2) is 5.13 Å². The summed E-state index contributed by atoms with van der Waals surface area (Å²) in [6.07, 6.45) is 5.72. The summed E-state index contributed by atoms with van der Waals surface area (Å²) in [5.74, 6) is 0.747. The molecule has 3 aromatic rings. The van der Waals surface area contributed by atoms with Crippen molar-refractivity contribution >= 4 is 56.8 Å². The summed E-state index contributed by atoms with van der Waals surface area (Å²) >= 11 is 1.18. The number of likely N-dealkylation sites (tertiary alicyclic amines) is 2. The third kappa shape index (κ3) is 6.39. The normalized spacial score (nSPS) is 18.4. The van der Waals surface area contributed by atoms with Gasteiger partial charge in [0.2, 0.25) is 17.8 Å². The number of guanidine groups is 1. The van der Waals surface area contributed by atoms with Crippen molar-refractivity contribution in [3.8, 4) is 0 Å². The van der Waals surface area contributed by atoms with Gasteiger partial charge in [-0.3, -0.25) is 14.4 Å². The first-order chi connectivity index (χ1) is 18.9. The van der Waals surface area contributed by atoms with Crippen LogP contribution in [0.1, 0.15) is 47.5 Å². The van der Waals surface area contributed by atoms with Crippen LogP contribution in [0.3, 0.4) is 0 Å². The molecule has 2 aromatic heterocycles. The van der Waals surface area contributed by atoms with Crippen LogP contribution >= 0.6 is 11.3 Å². The molecule has 1 atom stereocenters. The number of anilines is 2. The molecule has 2 aliphatic heterocycles. The van der Waals surface area contributed by atoms with Gasteiger partial charge in [0.05, 0.1) is 12.7 Å². The summed E-state index contributed by atoms with van der Waals surface area (Å²) in [6.45, 7) is 4.03. The molecular formula is C27H33N7O4S. The number of rotatable bonds is 6. The molecule has 0 bridgehead atoms. The fourth-order valence-electron chi connectivity index (χ4n) is 4.89. The first-order valence-corrected chi connectivity index (χ1v) is 14.1. The van der Waals surface area contributed by atoms with E-state index < -0.39 is 6.04 Å². The van der Waals surface area contributed by atoms with Crippen molar-refractivity contribution in [2.24, 2.45) is 4.99 Å². The van der Waals surface area contributed by atoms with Crippen LogP contribution in [0.5, 0.6) is 0 Å². The predicted octanol–water partition coefficient (Wildman–Crippen LogP) is 3.44. The first kappa shape index (κ1) is 26.7. The Kier molecular flexibility index (Phi) is 8.10. The monoisotopic (exact) mass is 551 g/mol. The number of benzene rings is 1. The largest absolute Gasteiger partial charge is 0.461 e. The number of hydrogen-bond acceptors (Lipinski definition) is 7. The molecule has 0 radical (unpaired) electrons. The Balaban J connectivity index is 1.40. The van der Waals surface area contributed by atoms with E-state index in [1.54, 1.807) is 11.9 Å². The highest BCUT2D eigenvalue weighted by Gasteiger charge is 2.30. The maximum absolute atomic E-state index is 13.6. The molecule has 0 spiro atoms. The number of fused-ring (bicyclic) bond motifs is 1. The summed E-state index contributed by atoms with van der Waals surface area (Å²) in [6, 6.07) is 6.98. The minimum Gasteiger partial charge on any atom is -0.461 e. The Morgan fingerprint density at radius 2 is 1.92 bits per heavy atom. The molecule has 3 amide bonds. The van der Waals surface area contributed by atoms with Gasteiger partial charge in [0, 0.05) is 37.8 Å². The lowest BCUT2D eigenvalue weighted by Crippen LogP contribution is -2.45. The molecule has 1 aromatic carbocycles. The van der Waals surface area contributed by atoms with E-state index in [1.165, 1.54) is 17.5 Å². The smallest absolute Gasteiger partial charge is 0.262 e. The molecule has 206 valence electrons. The quantitative estimate of drug-likeness (QED) is 0.316. The Morgan fingerprint density at radius 3 is 2.72 bits per heavy atom. The summed E-state index contributed by atoms with van der Waals surface area (Å²) in [4.78, 5) is 51.5. The predicted molar refractivity (Wildman–Crippen MR) is 151 cm³/mol. The molecule has 39 heavy (non-hydrogen) atoms. The molecule has 0 aliphatic carbocycles. The zero-order chi connectivity index (χ0) is 27.4. The minimum absolute atomic E-state index is 0.00447. The number of carbonyl (C=O) groups is 3. The van der Waals surface area contributed by atoms with Crippen LogP contribution in [0.4, 0.5) is 10.8 Å². The number of hydrogen-bond donors (Lipinski definition) is 3. The molecule has 2 fully saturated rings. The number of furan rings is 1. The molecule has 2 aliphatic rings. The summed E-state index contributed by atoms with van der Waals surface area (Å²) in [5.41, 5.74) is 1.52. The maximum atomic E-state index is 13.6. The van der Waals surface area contributed by atoms with Gasteiger partial charge in [-0.25, -0.2) is 9.98 Å². The fourth-order valence-corrected chi connectivity index (χ4v) is 5.66. The van der Waals surface area contributed by atoms with Crippen LogP contribution in [0.25, 0.3) is 11.0 Å². The molecule has 0 saturated carbocycles. The van der Waals surface area contributed by atoms with E-state index in [0.29, 0.717) is 28.9 Å². The van der Waals surface area contributed by atoms with Crippen molar-refractivity contribution in [2.75, 3.05) is 43.9 Å². The Labute approximate surface area is 230 Å². The number of thiazole rings is 1. The molecular weight excluding hydrogens is 518 g/mol. The average Bonchev–Trinajstić information content (AvgIpc) is 3.67. The summed E-state index contributed by atoms with van der Waals surface area (Å²) in [5, 5.41) is 10.4. The van der Waals surface area contributed by atoms with Crippen LogP contribution < -0.4 is 16.0 Å². The van der Waals surface area contributed by atoms with Crippen molar-refractivity contribution in [2.45, 2.75) is 45.1 Å². The van der Waals surface area contributed by atoms with Gasteiger partial charge in [-0.2, -0.15) is 0 Å². The van der Waals surface area contributed by atoms with Crippen LogP contribution in [0, 0.1) is 6.92 Å². The number of nitrogens with zero attached hydrogens (tertiary/aromatic N) is 4. The van der Waals surface area contributed by atoms with E-state index in [0.717, 1.165) is 61.2 Å². The summed E-state index contributed by atoms with van der Waals surface area (Å²) < 4.78 is 5.69. The number of aromatic nitrogens is 1. The zero-order valence-electron chi connectivity index (χ0n) is 22.2. The van der Waals surface area contributed by atoms with Crippen molar-refractivity contribution in [3.05, 3.63) is 41.1 Å². The minimum atomic E-state index is -0.660. The van der Waals surface area contributed by atoms with Crippen molar-refractivity contribution in [1.82, 2.24) is 20.1 Å². The van der Waals surface area contributed by atoms with Crippen molar-refractivity contribution in [1.29, 1.82) is 0 Å². The lowest BCUT2D eigenvalue weighted by atomic mass is 10.1. The van der Waals surface area contributed by atoms with Gasteiger partial charge in [-0.05, 0) is 63.3 Å². The zero-order valence-corrected chi connectivity index (χ0v) is 23.0. The van der Waals surface area contributed by atoms with Gasteiger partial charge < -0.3 is 30.2 Å². The molecule has 11 nitrogen and oxygen atoms in total. The standard InChI is InChI=1S/C27H33N7O4S/c1-17-13-18-14-19(8-9-21(18)38-17)30-26(32-27-29-15-22(39-27)24(36)28-2)31-20-7-3-4-12-34(25(20)37)16-23(35)33-10-5-6-11-33/h8-9,13-15,20H,3-7,10-12,16H2,1-2H3,(H,28,36)(H2,29,30,31,32)/t20-/m0/s1. The van der Waals surface area contributed by atoms with Crippen LogP contribution in [0.15, 0.2) is 39.9 Å². The molecule has 2 saturated heterocycles. The topological polar surface area (TPSA) is 132 Å². The Morgan fingerprint density at radius 1 is 1.13 bits per heavy atom. The van der Waals surface area contributed by atoms with E-state index in [-0.39, 0.29) is 24.3 Å². The van der Waals surface area contributed by atoms with E-state index >= 15 is 0 Å². The molecule has 3 N–H and O–H groups in total. The number of aliphatic imine (C=N–C) groups is 1. The number of amides is 3. The van der Waals surface area contributed by atoms with E-state index in [4.69, 9.17) is 9.41 Å². The second-order valence-electron chi connectivity index (χ2n) is 9.81. The average molecular weight is 552 g/mol. The number of aryl methyl sites for hydroxylation is 1. The van der Waals surface area contributed by atoms with Crippen LogP contribution in [0.2, 0.25) is 0 Å². The number of nitrogens with one attached hydrogen (secondary N) is 3. The SMILES string of the molecule is CNC(=O)c1cnc(NC(=N[C@H]2CCCCN(CC(=O)N3CCCC3)C2=O)Nc2ccc3oc(C)cc3c2)s1. The fraction of sp³-hybridized carbons (Fsp3) is 0.444. The van der Waals surface area contributed by atoms with E-state index in [2.05, 4.69) is 20.9 Å². The van der Waals surface area contributed by atoms with Gasteiger partial charge in [-0.15, -0.1) is 0 Å². The molecule has 4 heterocycles. The molecule has 5 rings (SSSR count). The Hall–Kier alpha value is -3.93. The molecule has 12 heteroatoms. The van der Waals surface area contributed by atoms with E-state index in [9.17, 15) is 14.4 Å². The highest BCUT2D eigenvalue weighted by molar-refractivity contribution is 7.17. The highest BCUT2D eigenvalue weighted by atomic mass is 32.1. The van der Waals surface area contributed by atoms with Crippen LogP contribution in [-0.4, -0.2) is 77.7 Å². The van der Waals surface area contributed by atoms with Crippen LogP contribution in [-0.2, 0) is 9.59 Å². The third-order valence-corrected chi connectivity index (χ3v) is 7.82. The van der Waals surface area contributed by atoms with Crippen molar-refractivity contribution < 1.29 is 18.8 Å². The highest BCUT2D eigenvalue weighted by Crippen LogP contribution is 2.24. The lowest BCUT2D eigenvalue weighted by Gasteiger charge is -2.25. The second kappa shape index (κ2) is 11.9. The number of carbonyl (C=O) groups excluding carboxylic acids is 3. The van der Waals surface area contributed by atoms with Crippen molar-refractivity contribution in [3.63, 3.8) is 0 Å². The molecule has 0 unspecified atom stereocenters. The maximum Gasteiger partial charge on any atom is 0.262 e. The van der Waals surface area contributed by atoms with Gasteiger partial charge in [0.25, 0.3) is 5.91 Å². The van der Waals surface area contributed by atoms with Gasteiger partial charge >= 0.3 is 0 Å². The lowest BCUT2D eigenvalue weighted by molar-refractivity contribution is -0.140. The third-order valence-electron chi connectivity index (χ3n) is 6.91. The summed E-state index contributed by atoms with van der Waals surface area (Å²) in [7, 11) is 1.56. The van der Waals surface area contributed by atoms with Gasteiger partial charge in [-0.1, -0.05) is 11.3 Å². The van der Waals surface area contributed by atoms with Gasteiger partial charge in [0.1, 0.15) is 22.3 Å². The second-order valence-corrected chi connectivity index (χ2v) is 10.8.